The number of carbonyl (C=O) groups excluding carboxylic acids is 1. The van der Waals surface area contributed by atoms with Crippen molar-refractivity contribution in [1.82, 2.24) is 0 Å². The van der Waals surface area contributed by atoms with Crippen LogP contribution in [0, 0.1) is 0 Å². The maximum absolute atomic E-state index is 10.6. The topological polar surface area (TPSA) is 69.1 Å². The molecule has 3 nitrogen and oxygen atoms in total. The van der Waals surface area contributed by atoms with Crippen molar-refractivity contribution < 1.29 is 4.79 Å². The van der Waals surface area contributed by atoms with E-state index in [4.69, 9.17) is 11.5 Å². The van der Waals surface area contributed by atoms with Crippen LogP contribution in [0.25, 0.3) is 0 Å². The molecule has 0 bridgehead atoms. The standard InChI is InChI=1S/C15H24N2O/c16-12-4-3-6-14-10-8-13(9-11-14)5-1-2-7-15(17)18/h8-11H,1-7,12,16H2,(H2,17,18). The van der Waals surface area contributed by atoms with E-state index in [9.17, 15) is 4.79 Å². The van der Waals surface area contributed by atoms with Gasteiger partial charge in [0.15, 0.2) is 0 Å². The molecule has 0 aliphatic heterocycles. The molecule has 0 atom stereocenters. The second-order valence-corrected chi connectivity index (χ2v) is 4.74. The van der Waals surface area contributed by atoms with E-state index in [1.807, 2.05) is 0 Å². The Morgan fingerprint density at radius 1 is 0.889 bits per heavy atom. The zero-order valence-electron chi connectivity index (χ0n) is 11.0. The molecular formula is C15H24N2O. The molecule has 0 aromatic heterocycles. The van der Waals surface area contributed by atoms with Crippen LogP contribution in [0.3, 0.4) is 0 Å². The Hall–Kier alpha value is -1.35. The Bertz CT molecular complexity index is 346. The lowest BCUT2D eigenvalue weighted by atomic mass is 10.0. The molecule has 0 spiro atoms. The van der Waals surface area contributed by atoms with Crippen LogP contribution in [0.5, 0.6) is 0 Å². The zero-order valence-corrected chi connectivity index (χ0v) is 11.0. The number of benzene rings is 1. The second kappa shape index (κ2) is 8.70. The number of aryl methyl sites for hydroxylation is 2. The molecule has 0 saturated carbocycles. The summed E-state index contributed by atoms with van der Waals surface area (Å²) < 4.78 is 0. The Morgan fingerprint density at radius 2 is 1.39 bits per heavy atom. The fraction of sp³-hybridized carbons (Fsp3) is 0.533. The van der Waals surface area contributed by atoms with Gasteiger partial charge >= 0.3 is 0 Å². The smallest absolute Gasteiger partial charge is 0.217 e. The Kier molecular flexibility index (Phi) is 7.11. The fourth-order valence-electron chi connectivity index (χ4n) is 1.97. The maximum Gasteiger partial charge on any atom is 0.217 e. The lowest BCUT2D eigenvalue weighted by molar-refractivity contribution is -0.118. The summed E-state index contributed by atoms with van der Waals surface area (Å²) in [6, 6.07) is 8.75. The molecule has 0 radical (unpaired) electrons. The summed E-state index contributed by atoms with van der Waals surface area (Å²) in [5.41, 5.74) is 13.3. The summed E-state index contributed by atoms with van der Waals surface area (Å²) in [6.45, 7) is 0.776. The molecule has 0 aliphatic carbocycles. The van der Waals surface area contributed by atoms with Crippen LogP contribution in [0.4, 0.5) is 0 Å². The summed E-state index contributed by atoms with van der Waals surface area (Å²) in [6.07, 6.45) is 6.79. The highest BCUT2D eigenvalue weighted by Crippen LogP contribution is 2.10. The van der Waals surface area contributed by atoms with Crippen LogP contribution in [-0.2, 0) is 17.6 Å². The molecule has 0 heterocycles. The first kappa shape index (κ1) is 14.7. The van der Waals surface area contributed by atoms with Crippen LogP contribution >= 0.6 is 0 Å². The van der Waals surface area contributed by atoms with Crippen molar-refractivity contribution in [2.24, 2.45) is 11.5 Å². The first-order valence-corrected chi connectivity index (χ1v) is 6.78. The Morgan fingerprint density at radius 3 is 1.83 bits per heavy atom. The van der Waals surface area contributed by atoms with E-state index in [0.717, 1.165) is 45.1 Å². The van der Waals surface area contributed by atoms with E-state index in [-0.39, 0.29) is 5.91 Å². The summed E-state index contributed by atoms with van der Waals surface area (Å²) >= 11 is 0. The third-order valence-electron chi connectivity index (χ3n) is 3.08. The summed E-state index contributed by atoms with van der Waals surface area (Å²) in [7, 11) is 0. The minimum Gasteiger partial charge on any atom is -0.370 e. The molecule has 0 fully saturated rings. The second-order valence-electron chi connectivity index (χ2n) is 4.74. The van der Waals surface area contributed by atoms with E-state index >= 15 is 0 Å². The average molecular weight is 248 g/mol. The number of amides is 1. The van der Waals surface area contributed by atoms with Gasteiger partial charge in [0.1, 0.15) is 0 Å². The average Bonchev–Trinajstić information content (AvgIpc) is 2.36. The van der Waals surface area contributed by atoms with Crippen LogP contribution in [0.2, 0.25) is 0 Å². The van der Waals surface area contributed by atoms with Gasteiger partial charge in [-0.25, -0.2) is 0 Å². The molecule has 18 heavy (non-hydrogen) atoms. The first-order chi connectivity index (χ1) is 8.72. The Labute approximate surface area is 110 Å². The number of primary amides is 1. The van der Waals surface area contributed by atoms with E-state index in [0.29, 0.717) is 6.42 Å². The molecule has 1 aromatic carbocycles. The molecule has 0 saturated heterocycles. The van der Waals surface area contributed by atoms with Gasteiger partial charge in [-0.1, -0.05) is 24.3 Å². The van der Waals surface area contributed by atoms with Crippen LogP contribution in [0.15, 0.2) is 24.3 Å². The van der Waals surface area contributed by atoms with Crippen molar-refractivity contribution in [3.8, 4) is 0 Å². The van der Waals surface area contributed by atoms with Crippen LogP contribution in [0.1, 0.15) is 43.2 Å². The first-order valence-electron chi connectivity index (χ1n) is 6.78. The van der Waals surface area contributed by atoms with Gasteiger partial charge in [0, 0.05) is 6.42 Å². The van der Waals surface area contributed by atoms with Gasteiger partial charge in [0.05, 0.1) is 0 Å². The summed E-state index contributed by atoms with van der Waals surface area (Å²) in [4.78, 5) is 10.6. The van der Waals surface area contributed by atoms with Crippen molar-refractivity contribution in [1.29, 1.82) is 0 Å². The van der Waals surface area contributed by atoms with Crippen molar-refractivity contribution in [3.63, 3.8) is 0 Å². The highest BCUT2D eigenvalue weighted by atomic mass is 16.1. The quantitative estimate of drug-likeness (QED) is 0.657. The van der Waals surface area contributed by atoms with Crippen molar-refractivity contribution in [2.75, 3.05) is 6.54 Å². The SMILES string of the molecule is NCCCCc1ccc(CCCCC(N)=O)cc1. The van der Waals surface area contributed by atoms with E-state index in [1.165, 1.54) is 11.1 Å². The minimum absolute atomic E-state index is 0.203. The van der Waals surface area contributed by atoms with Gasteiger partial charge < -0.3 is 11.5 Å². The molecule has 1 amide bonds. The summed E-state index contributed by atoms with van der Waals surface area (Å²) in [5, 5.41) is 0. The number of nitrogens with two attached hydrogens (primary N) is 2. The number of hydrogen-bond donors (Lipinski definition) is 2. The van der Waals surface area contributed by atoms with Crippen LogP contribution in [-0.4, -0.2) is 12.5 Å². The van der Waals surface area contributed by atoms with E-state index in [2.05, 4.69) is 24.3 Å². The van der Waals surface area contributed by atoms with Gasteiger partial charge in [-0.2, -0.15) is 0 Å². The van der Waals surface area contributed by atoms with Gasteiger partial charge in [-0.15, -0.1) is 0 Å². The van der Waals surface area contributed by atoms with Gasteiger partial charge in [-0.3, -0.25) is 4.79 Å². The van der Waals surface area contributed by atoms with E-state index in [1.54, 1.807) is 0 Å². The van der Waals surface area contributed by atoms with Gasteiger partial charge in [0.2, 0.25) is 5.91 Å². The fourth-order valence-corrected chi connectivity index (χ4v) is 1.97. The molecule has 1 rings (SSSR count). The number of carbonyl (C=O) groups is 1. The van der Waals surface area contributed by atoms with Crippen LogP contribution < -0.4 is 11.5 Å². The highest BCUT2D eigenvalue weighted by molar-refractivity contribution is 5.73. The predicted molar refractivity (Wildman–Crippen MR) is 75.2 cm³/mol. The van der Waals surface area contributed by atoms with E-state index < -0.39 is 0 Å². The minimum atomic E-state index is -0.203. The van der Waals surface area contributed by atoms with Crippen molar-refractivity contribution >= 4 is 5.91 Å². The zero-order chi connectivity index (χ0) is 13.2. The largest absolute Gasteiger partial charge is 0.370 e. The monoisotopic (exact) mass is 248 g/mol. The normalized spacial score (nSPS) is 10.5. The molecular weight excluding hydrogens is 224 g/mol. The third-order valence-corrected chi connectivity index (χ3v) is 3.08. The van der Waals surface area contributed by atoms with Gasteiger partial charge in [-0.05, 0) is 56.2 Å². The highest BCUT2D eigenvalue weighted by Gasteiger charge is 1.98. The molecule has 4 N–H and O–H groups in total. The number of rotatable bonds is 9. The maximum atomic E-state index is 10.6. The third kappa shape index (κ3) is 6.40. The molecule has 0 unspecified atom stereocenters. The lowest BCUT2D eigenvalue weighted by Gasteiger charge is -2.04. The molecule has 100 valence electrons. The Balaban J connectivity index is 2.25. The molecule has 1 aromatic rings. The summed E-state index contributed by atoms with van der Waals surface area (Å²) in [5.74, 6) is -0.203. The van der Waals surface area contributed by atoms with Gasteiger partial charge in [0.25, 0.3) is 0 Å². The molecule has 3 heteroatoms. The lowest BCUT2D eigenvalue weighted by Crippen LogP contribution is -2.09. The van der Waals surface area contributed by atoms with Crippen molar-refractivity contribution in [2.45, 2.75) is 44.9 Å². The van der Waals surface area contributed by atoms with Crippen molar-refractivity contribution in [3.05, 3.63) is 35.4 Å². The number of hydrogen-bond acceptors (Lipinski definition) is 2. The predicted octanol–water partition coefficient (Wildman–Crippen LogP) is 2.17. The molecule has 0 aliphatic rings. The number of unbranched alkanes of at least 4 members (excludes halogenated alkanes) is 2.